The molecule has 0 atom stereocenters. The van der Waals surface area contributed by atoms with Crippen LogP contribution in [0.1, 0.15) is 37.1 Å². The highest BCUT2D eigenvalue weighted by molar-refractivity contribution is 5.00. The highest BCUT2D eigenvalue weighted by Gasteiger charge is 2.07. The maximum Gasteiger partial charge on any atom is 0.330 e. The van der Waals surface area contributed by atoms with Crippen LogP contribution in [0, 0.1) is 13.8 Å². The molecule has 8 nitrogen and oxygen atoms in total. The Morgan fingerprint density at radius 3 is 1.35 bits per heavy atom. The number of nitrogens with zero attached hydrogens (tertiary/aromatic N) is 4. The minimum Gasteiger partial charge on any atom is -0.301 e. The molecule has 2 aromatic heterocycles. The normalized spacial score (nSPS) is 11.1. The van der Waals surface area contributed by atoms with Crippen LogP contribution >= 0.6 is 0 Å². The predicted molar refractivity (Wildman–Crippen MR) is 99.8 cm³/mol. The summed E-state index contributed by atoms with van der Waals surface area (Å²) >= 11 is 0. The summed E-state index contributed by atoms with van der Waals surface area (Å²) in [6.45, 7) is 4.20. The Morgan fingerprint density at radius 2 is 1.00 bits per heavy atom. The lowest BCUT2D eigenvalue weighted by Gasteiger charge is -2.10. The van der Waals surface area contributed by atoms with E-state index in [1.165, 1.54) is 30.4 Å². The maximum atomic E-state index is 12.1. The van der Waals surface area contributed by atoms with Crippen molar-refractivity contribution in [2.45, 2.75) is 52.6 Å². The molecule has 2 rings (SSSR count). The van der Waals surface area contributed by atoms with E-state index >= 15 is 0 Å². The predicted octanol–water partition coefficient (Wildman–Crippen LogP) is 0.285. The summed E-state index contributed by atoms with van der Waals surface area (Å²) in [5, 5.41) is 0. The number of hydrogen-bond donors (Lipinski definition) is 0. The Hall–Kier alpha value is -2.64. The van der Waals surface area contributed by atoms with Gasteiger partial charge in [-0.1, -0.05) is 12.8 Å². The van der Waals surface area contributed by atoms with E-state index in [0.717, 1.165) is 12.8 Å². The van der Waals surface area contributed by atoms with Crippen LogP contribution < -0.4 is 22.5 Å². The van der Waals surface area contributed by atoms with Gasteiger partial charge in [-0.15, -0.1) is 0 Å². The van der Waals surface area contributed by atoms with Crippen molar-refractivity contribution in [3.8, 4) is 0 Å². The molecular formula is C18H26N4O4. The third kappa shape index (κ3) is 4.12. The highest BCUT2D eigenvalue weighted by Crippen LogP contribution is 2.02. The molecule has 0 unspecified atom stereocenters. The van der Waals surface area contributed by atoms with E-state index < -0.39 is 0 Å². The van der Waals surface area contributed by atoms with Crippen molar-refractivity contribution in [2.24, 2.45) is 14.1 Å². The molecule has 0 bridgehead atoms. The molecule has 0 aromatic carbocycles. The van der Waals surface area contributed by atoms with Crippen LogP contribution in [0.25, 0.3) is 0 Å². The van der Waals surface area contributed by atoms with Gasteiger partial charge in [0.1, 0.15) is 0 Å². The number of aryl methyl sites for hydroxylation is 2. The molecule has 0 N–H and O–H groups in total. The second-order valence-corrected chi connectivity index (χ2v) is 6.65. The molecule has 0 aliphatic rings. The van der Waals surface area contributed by atoms with Crippen molar-refractivity contribution in [1.29, 1.82) is 0 Å². The molecule has 0 spiro atoms. The van der Waals surface area contributed by atoms with Gasteiger partial charge in [0.15, 0.2) is 0 Å². The molecule has 0 amide bonds. The Balaban J connectivity index is 1.88. The van der Waals surface area contributed by atoms with Crippen LogP contribution in [-0.4, -0.2) is 18.3 Å². The van der Waals surface area contributed by atoms with E-state index in [1.54, 1.807) is 27.9 Å². The molecule has 0 fully saturated rings. The number of rotatable bonds is 7. The first-order valence-electron chi connectivity index (χ1n) is 8.79. The Kier molecular flexibility index (Phi) is 6.18. The fourth-order valence-electron chi connectivity index (χ4n) is 2.86. The van der Waals surface area contributed by atoms with Gasteiger partial charge in [0.2, 0.25) is 0 Å². The van der Waals surface area contributed by atoms with E-state index in [0.29, 0.717) is 37.3 Å². The lowest BCUT2D eigenvalue weighted by Crippen LogP contribution is -2.39. The summed E-state index contributed by atoms with van der Waals surface area (Å²) in [4.78, 5) is 48.1. The molecule has 8 heteroatoms. The Bertz CT molecular complexity index is 940. The van der Waals surface area contributed by atoms with Gasteiger partial charge >= 0.3 is 11.4 Å². The van der Waals surface area contributed by atoms with Crippen molar-refractivity contribution >= 4 is 0 Å². The van der Waals surface area contributed by atoms with E-state index in [1.807, 2.05) is 0 Å². The lowest BCUT2D eigenvalue weighted by atomic mass is 10.2. The Labute approximate surface area is 151 Å². The quantitative estimate of drug-likeness (QED) is 0.662. The number of aromatic nitrogens is 4. The summed E-state index contributed by atoms with van der Waals surface area (Å²) in [5.41, 5.74) is 0.123. The van der Waals surface area contributed by atoms with Crippen LogP contribution in [0.3, 0.4) is 0 Å². The molecule has 2 heterocycles. The minimum absolute atomic E-state index is 0.277. The summed E-state index contributed by atoms with van der Waals surface area (Å²) in [6.07, 6.45) is 3.01. The molecule has 142 valence electrons. The van der Waals surface area contributed by atoms with Crippen LogP contribution in [-0.2, 0) is 27.2 Å². The largest absolute Gasteiger partial charge is 0.330 e. The molecular weight excluding hydrogens is 336 g/mol. The Morgan fingerprint density at radius 1 is 0.654 bits per heavy atom. The molecule has 0 aliphatic heterocycles. The van der Waals surface area contributed by atoms with Crippen molar-refractivity contribution < 1.29 is 0 Å². The molecule has 26 heavy (non-hydrogen) atoms. The monoisotopic (exact) mass is 362 g/mol. The topological polar surface area (TPSA) is 88.0 Å². The summed E-state index contributed by atoms with van der Waals surface area (Å²) < 4.78 is 5.41. The van der Waals surface area contributed by atoms with Crippen molar-refractivity contribution in [2.75, 3.05) is 0 Å². The van der Waals surface area contributed by atoms with Gasteiger partial charge in [0, 0.05) is 50.7 Å². The zero-order chi connectivity index (χ0) is 19.4. The summed E-state index contributed by atoms with van der Waals surface area (Å²) in [5.74, 6) is 0. The van der Waals surface area contributed by atoms with Gasteiger partial charge in [0.05, 0.1) is 0 Å². The van der Waals surface area contributed by atoms with Gasteiger partial charge in [-0.3, -0.25) is 18.7 Å². The number of hydrogen-bond acceptors (Lipinski definition) is 4. The SMILES string of the molecule is Cc1cc(=O)n(CCCCCCn2c(=O)cc(C)n(C)c2=O)c(=O)n1C. The zero-order valence-corrected chi connectivity index (χ0v) is 15.8. The summed E-state index contributed by atoms with van der Waals surface area (Å²) in [6, 6.07) is 2.92. The van der Waals surface area contributed by atoms with Crippen LogP contribution in [0.15, 0.2) is 31.3 Å². The van der Waals surface area contributed by atoms with Crippen LogP contribution in [0.4, 0.5) is 0 Å². The standard InChI is InChI=1S/C18H26N4O4/c1-13-11-15(23)21(17(25)19(13)3)9-7-5-6-8-10-22-16(24)12-14(2)20(4)18(22)26/h11-12H,5-10H2,1-4H3. The van der Waals surface area contributed by atoms with Gasteiger partial charge in [-0.25, -0.2) is 9.59 Å². The van der Waals surface area contributed by atoms with E-state index in [-0.39, 0.29) is 22.5 Å². The lowest BCUT2D eigenvalue weighted by molar-refractivity contribution is 0.494. The maximum absolute atomic E-state index is 12.1. The second-order valence-electron chi connectivity index (χ2n) is 6.65. The third-order valence-corrected chi connectivity index (χ3v) is 4.80. The van der Waals surface area contributed by atoms with E-state index in [9.17, 15) is 19.2 Å². The second kappa shape index (κ2) is 8.16. The average molecular weight is 362 g/mol. The van der Waals surface area contributed by atoms with Crippen molar-refractivity contribution in [3.05, 3.63) is 65.2 Å². The van der Waals surface area contributed by atoms with Gasteiger partial charge in [0.25, 0.3) is 11.1 Å². The molecule has 0 saturated heterocycles. The van der Waals surface area contributed by atoms with Crippen LogP contribution in [0.2, 0.25) is 0 Å². The molecule has 2 aromatic rings. The van der Waals surface area contributed by atoms with Crippen LogP contribution in [0.5, 0.6) is 0 Å². The average Bonchev–Trinajstić information content (AvgIpc) is 2.59. The fraction of sp³-hybridized carbons (Fsp3) is 0.556. The van der Waals surface area contributed by atoms with Gasteiger partial charge < -0.3 is 9.13 Å². The smallest absolute Gasteiger partial charge is 0.301 e. The first-order valence-corrected chi connectivity index (χ1v) is 8.79. The van der Waals surface area contributed by atoms with Gasteiger partial charge in [-0.2, -0.15) is 0 Å². The van der Waals surface area contributed by atoms with E-state index in [4.69, 9.17) is 0 Å². The van der Waals surface area contributed by atoms with E-state index in [2.05, 4.69) is 0 Å². The third-order valence-electron chi connectivity index (χ3n) is 4.80. The number of unbranched alkanes of at least 4 members (excludes halogenated alkanes) is 3. The molecule has 0 saturated carbocycles. The van der Waals surface area contributed by atoms with Crippen molar-refractivity contribution in [1.82, 2.24) is 18.3 Å². The fourth-order valence-corrected chi connectivity index (χ4v) is 2.86. The molecule has 0 radical (unpaired) electrons. The minimum atomic E-state index is -0.301. The zero-order valence-electron chi connectivity index (χ0n) is 15.8. The molecule has 0 aliphatic carbocycles. The first kappa shape index (κ1) is 19.7. The van der Waals surface area contributed by atoms with Gasteiger partial charge in [-0.05, 0) is 26.7 Å². The highest BCUT2D eigenvalue weighted by atomic mass is 16.2. The van der Waals surface area contributed by atoms with Crippen molar-refractivity contribution in [3.63, 3.8) is 0 Å². The summed E-state index contributed by atoms with van der Waals surface area (Å²) in [7, 11) is 3.29. The first-order chi connectivity index (χ1) is 12.2.